The number of likely N-dealkylation sites (tertiary alicyclic amines) is 1. The van der Waals surface area contributed by atoms with Crippen LogP contribution in [0.3, 0.4) is 0 Å². The molecule has 0 bridgehead atoms. The molecule has 1 unspecified atom stereocenters. The molecule has 0 spiro atoms. The summed E-state index contributed by atoms with van der Waals surface area (Å²) in [6, 6.07) is 10.4. The number of nitrogens with zero attached hydrogens (tertiary/aromatic N) is 5. The molecule has 112 valence electrons. The summed E-state index contributed by atoms with van der Waals surface area (Å²) in [6.45, 7) is 2.01. The normalized spacial score (nSPS) is 18.8. The van der Waals surface area contributed by atoms with Gasteiger partial charge in [-0.2, -0.15) is 4.80 Å². The molecule has 3 rings (SSSR count). The molecule has 0 amide bonds. The van der Waals surface area contributed by atoms with E-state index in [0.717, 1.165) is 25.9 Å². The van der Waals surface area contributed by atoms with Crippen LogP contribution in [-0.2, 0) is 6.61 Å². The van der Waals surface area contributed by atoms with Gasteiger partial charge in [0.1, 0.15) is 12.6 Å². The van der Waals surface area contributed by atoms with Crippen molar-refractivity contribution >= 4 is 0 Å². The van der Waals surface area contributed by atoms with Crippen LogP contribution in [-0.4, -0.2) is 50.4 Å². The van der Waals surface area contributed by atoms with Crippen molar-refractivity contribution in [2.24, 2.45) is 5.92 Å². The van der Waals surface area contributed by atoms with Gasteiger partial charge in [0.15, 0.2) is 5.82 Å². The highest BCUT2D eigenvalue weighted by atomic mass is 16.3. The van der Waals surface area contributed by atoms with E-state index in [1.807, 2.05) is 18.2 Å². The molecule has 0 saturated carbocycles. The third-order valence-corrected chi connectivity index (χ3v) is 4.21. The molecule has 1 aliphatic heterocycles. The van der Waals surface area contributed by atoms with Crippen LogP contribution >= 0.6 is 0 Å². The van der Waals surface area contributed by atoms with Crippen molar-refractivity contribution in [3.05, 3.63) is 41.7 Å². The third-order valence-electron chi connectivity index (χ3n) is 4.21. The van der Waals surface area contributed by atoms with Crippen molar-refractivity contribution < 1.29 is 5.11 Å². The van der Waals surface area contributed by atoms with Crippen LogP contribution in [0.25, 0.3) is 0 Å². The van der Waals surface area contributed by atoms with Gasteiger partial charge in [-0.1, -0.05) is 30.3 Å². The third kappa shape index (κ3) is 3.11. The Balaban J connectivity index is 1.91. The van der Waals surface area contributed by atoms with E-state index in [2.05, 4.69) is 39.5 Å². The zero-order chi connectivity index (χ0) is 14.7. The first kappa shape index (κ1) is 14.2. The number of tetrazole rings is 1. The number of hydrogen-bond acceptors (Lipinski definition) is 5. The van der Waals surface area contributed by atoms with Gasteiger partial charge in [-0.3, -0.25) is 0 Å². The molecule has 0 radical (unpaired) electrons. The van der Waals surface area contributed by atoms with E-state index in [9.17, 15) is 0 Å². The molecule has 21 heavy (non-hydrogen) atoms. The second-order valence-corrected chi connectivity index (χ2v) is 5.68. The Morgan fingerprint density at radius 3 is 2.57 bits per heavy atom. The molecule has 1 N–H and O–H groups in total. The van der Waals surface area contributed by atoms with Gasteiger partial charge in [0, 0.05) is 0 Å². The summed E-state index contributed by atoms with van der Waals surface area (Å²) >= 11 is 0. The molecule has 2 aromatic rings. The van der Waals surface area contributed by atoms with Crippen LogP contribution in [0.15, 0.2) is 30.3 Å². The maximum atomic E-state index is 9.16. The Kier molecular flexibility index (Phi) is 4.26. The number of rotatable bonds is 4. The lowest BCUT2D eigenvalue weighted by Gasteiger charge is -2.33. The van der Waals surface area contributed by atoms with Gasteiger partial charge in [-0.15, -0.1) is 10.2 Å². The van der Waals surface area contributed by atoms with Crippen LogP contribution < -0.4 is 0 Å². The minimum Gasteiger partial charge on any atom is -0.388 e. The highest BCUT2D eigenvalue weighted by Gasteiger charge is 2.29. The maximum absolute atomic E-state index is 9.16. The number of aromatic nitrogens is 4. The lowest BCUT2D eigenvalue weighted by Crippen LogP contribution is -2.35. The molecule has 1 fully saturated rings. The predicted molar refractivity (Wildman–Crippen MR) is 78.5 cm³/mol. The summed E-state index contributed by atoms with van der Waals surface area (Å²) in [4.78, 5) is 4.03. The Morgan fingerprint density at radius 1 is 1.24 bits per heavy atom. The predicted octanol–water partition coefficient (Wildman–Crippen LogP) is 1.10. The molecule has 1 aliphatic rings. The molecule has 0 aliphatic carbocycles. The van der Waals surface area contributed by atoms with Gasteiger partial charge >= 0.3 is 0 Å². The highest BCUT2D eigenvalue weighted by Crippen LogP contribution is 2.32. The van der Waals surface area contributed by atoms with E-state index >= 15 is 0 Å². The van der Waals surface area contributed by atoms with Crippen molar-refractivity contribution in [3.8, 4) is 0 Å². The molecule has 1 atom stereocenters. The summed E-state index contributed by atoms with van der Waals surface area (Å²) in [5.74, 6) is 0.869. The topological polar surface area (TPSA) is 67.1 Å². The van der Waals surface area contributed by atoms with E-state index in [4.69, 9.17) is 5.11 Å². The summed E-state index contributed by atoms with van der Waals surface area (Å²) in [5.41, 5.74) is 1.20. The molecule has 6 nitrogen and oxygen atoms in total. The fourth-order valence-corrected chi connectivity index (χ4v) is 3.03. The number of aliphatic hydroxyl groups is 1. The number of aliphatic hydroxyl groups excluding tert-OH is 1. The van der Waals surface area contributed by atoms with Crippen molar-refractivity contribution in [2.45, 2.75) is 25.5 Å². The SMILES string of the molecule is CN1CCC(C(c2ccccc2)n2nnc(CO)n2)CC1. The van der Waals surface area contributed by atoms with Gasteiger partial charge in [0.05, 0.1) is 0 Å². The number of hydrogen-bond donors (Lipinski definition) is 1. The van der Waals surface area contributed by atoms with E-state index < -0.39 is 0 Å². The zero-order valence-electron chi connectivity index (χ0n) is 12.3. The average Bonchev–Trinajstić information content (AvgIpc) is 2.99. The fourth-order valence-electron chi connectivity index (χ4n) is 3.03. The standard InChI is InChI=1S/C15H21N5O/c1-19-9-7-13(8-10-19)15(12-5-3-2-4-6-12)20-17-14(11-21)16-18-20/h2-6,13,15,21H,7-11H2,1H3. The van der Waals surface area contributed by atoms with Crippen LogP contribution in [0.4, 0.5) is 0 Å². The van der Waals surface area contributed by atoms with Crippen LogP contribution in [0.5, 0.6) is 0 Å². The van der Waals surface area contributed by atoms with Gasteiger partial charge in [0.2, 0.25) is 0 Å². The van der Waals surface area contributed by atoms with E-state index in [1.54, 1.807) is 4.80 Å². The van der Waals surface area contributed by atoms with Crippen molar-refractivity contribution in [1.82, 2.24) is 25.1 Å². The summed E-state index contributed by atoms with van der Waals surface area (Å²) in [6.07, 6.45) is 2.23. The smallest absolute Gasteiger partial charge is 0.200 e. The van der Waals surface area contributed by atoms with E-state index in [1.165, 1.54) is 5.56 Å². The van der Waals surface area contributed by atoms with E-state index in [0.29, 0.717) is 11.7 Å². The zero-order valence-corrected chi connectivity index (χ0v) is 12.3. The molecular weight excluding hydrogens is 266 g/mol. The lowest BCUT2D eigenvalue weighted by molar-refractivity contribution is 0.173. The molecule has 1 aromatic heterocycles. The van der Waals surface area contributed by atoms with Crippen molar-refractivity contribution in [2.75, 3.05) is 20.1 Å². The average molecular weight is 287 g/mol. The quantitative estimate of drug-likeness (QED) is 0.912. The largest absolute Gasteiger partial charge is 0.388 e. The first-order valence-corrected chi connectivity index (χ1v) is 7.40. The first-order valence-electron chi connectivity index (χ1n) is 7.40. The second kappa shape index (κ2) is 6.32. The Labute approximate surface area is 124 Å². The second-order valence-electron chi connectivity index (χ2n) is 5.68. The van der Waals surface area contributed by atoms with Crippen LogP contribution in [0.2, 0.25) is 0 Å². The minimum absolute atomic E-state index is 0.0905. The van der Waals surface area contributed by atoms with Crippen molar-refractivity contribution in [1.29, 1.82) is 0 Å². The first-order chi connectivity index (χ1) is 10.3. The fraction of sp³-hybridized carbons (Fsp3) is 0.533. The molecule has 6 heteroatoms. The Bertz CT molecular complexity index is 562. The van der Waals surface area contributed by atoms with Gasteiger partial charge < -0.3 is 10.0 Å². The number of piperidine rings is 1. The monoisotopic (exact) mass is 287 g/mol. The van der Waals surface area contributed by atoms with Crippen LogP contribution in [0, 0.1) is 5.92 Å². The Morgan fingerprint density at radius 2 is 1.95 bits per heavy atom. The highest BCUT2D eigenvalue weighted by molar-refractivity contribution is 5.20. The maximum Gasteiger partial charge on any atom is 0.200 e. The molecular formula is C15H21N5O. The molecule has 1 saturated heterocycles. The Hall–Kier alpha value is -1.79. The van der Waals surface area contributed by atoms with Crippen molar-refractivity contribution in [3.63, 3.8) is 0 Å². The summed E-state index contributed by atoms with van der Waals surface area (Å²) < 4.78 is 0. The summed E-state index contributed by atoms with van der Waals surface area (Å²) in [5, 5.41) is 21.6. The molecule has 1 aromatic carbocycles. The minimum atomic E-state index is -0.172. The van der Waals surface area contributed by atoms with Gasteiger partial charge in [-0.25, -0.2) is 0 Å². The summed E-state index contributed by atoms with van der Waals surface area (Å²) in [7, 11) is 2.16. The van der Waals surface area contributed by atoms with Crippen LogP contribution in [0.1, 0.15) is 30.3 Å². The number of benzene rings is 1. The lowest BCUT2D eigenvalue weighted by atomic mass is 9.86. The van der Waals surface area contributed by atoms with Gasteiger partial charge in [0.25, 0.3) is 0 Å². The van der Waals surface area contributed by atoms with Gasteiger partial charge in [-0.05, 0) is 49.7 Å². The molecule has 2 heterocycles. The van der Waals surface area contributed by atoms with E-state index in [-0.39, 0.29) is 12.6 Å².